The molecule has 0 spiro atoms. The number of piperazine rings is 1. The summed E-state index contributed by atoms with van der Waals surface area (Å²) in [4.78, 5) is 31.1. The lowest BCUT2D eigenvalue weighted by atomic mass is 10.1. The second-order valence-corrected chi connectivity index (χ2v) is 12.2. The van der Waals surface area contributed by atoms with E-state index in [0.29, 0.717) is 29.8 Å². The molecular formula is C28H31N5O4S. The molecule has 2 atom stereocenters. The highest BCUT2D eigenvalue weighted by Gasteiger charge is 2.48. The van der Waals surface area contributed by atoms with Gasteiger partial charge in [-0.3, -0.25) is 18.8 Å². The van der Waals surface area contributed by atoms with Gasteiger partial charge in [0.25, 0.3) is 5.56 Å². The first kappa shape index (κ1) is 24.8. The molecule has 2 aromatic carbocycles. The monoisotopic (exact) mass is 533 g/mol. The molecule has 2 aromatic heterocycles. The highest BCUT2D eigenvalue weighted by atomic mass is 32.2. The Balaban J connectivity index is 1.24. The molecule has 2 aliphatic heterocycles. The molecule has 2 fully saturated rings. The maximum Gasteiger partial charge on any atom is 0.331 e. The first-order valence-corrected chi connectivity index (χ1v) is 14.4. The molecule has 10 heteroatoms. The number of nitrogens with one attached hydrogen (secondary N) is 1. The number of sulfonamides is 1. The van der Waals surface area contributed by atoms with E-state index in [1.54, 1.807) is 39.2 Å². The van der Waals surface area contributed by atoms with Gasteiger partial charge in [0.15, 0.2) is 0 Å². The van der Waals surface area contributed by atoms with Gasteiger partial charge in [-0.25, -0.2) is 13.2 Å². The summed E-state index contributed by atoms with van der Waals surface area (Å²) in [6.45, 7) is 4.55. The number of rotatable bonds is 7. The van der Waals surface area contributed by atoms with Crippen molar-refractivity contribution in [3.8, 4) is 11.3 Å². The van der Waals surface area contributed by atoms with Crippen molar-refractivity contribution in [2.75, 3.05) is 13.1 Å². The zero-order chi connectivity index (χ0) is 26.6. The molecule has 2 bridgehead atoms. The number of nitrogens with zero attached hydrogens (tertiary/aromatic N) is 4. The van der Waals surface area contributed by atoms with E-state index in [0.717, 1.165) is 36.1 Å². The van der Waals surface area contributed by atoms with Crippen LogP contribution in [0.4, 0.5) is 0 Å². The molecule has 9 nitrogen and oxygen atoms in total. The Labute approximate surface area is 221 Å². The fourth-order valence-electron chi connectivity index (χ4n) is 5.91. The van der Waals surface area contributed by atoms with Gasteiger partial charge in [0.05, 0.1) is 10.4 Å². The number of hydrogen-bond acceptors (Lipinski definition) is 5. The van der Waals surface area contributed by atoms with Crippen molar-refractivity contribution in [3.63, 3.8) is 0 Å². The van der Waals surface area contributed by atoms with Gasteiger partial charge in [-0.05, 0) is 42.2 Å². The van der Waals surface area contributed by atoms with Gasteiger partial charge in [-0.2, -0.15) is 4.31 Å². The second kappa shape index (κ2) is 9.37. The van der Waals surface area contributed by atoms with Crippen molar-refractivity contribution in [2.45, 2.75) is 49.8 Å². The SMILES string of the molecule is CCCn1c(=O)n(C)c(=O)c2[nH]c(-c3ccc(S(=O)(=O)N4CC5CC4CN5Cc4ccccc4)cc3)cc21. The van der Waals surface area contributed by atoms with Gasteiger partial charge < -0.3 is 4.98 Å². The lowest BCUT2D eigenvalue weighted by Gasteiger charge is -2.33. The first-order valence-electron chi connectivity index (χ1n) is 13.0. The third kappa shape index (κ3) is 4.03. The van der Waals surface area contributed by atoms with Crippen molar-refractivity contribution in [1.82, 2.24) is 23.3 Å². The molecule has 1 N–H and O–H groups in total. The van der Waals surface area contributed by atoms with E-state index in [1.807, 2.05) is 25.1 Å². The average Bonchev–Trinajstić information content (AvgIpc) is 3.66. The Bertz CT molecular complexity index is 1720. The molecule has 4 heterocycles. The lowest BCUT2D eigenvalue weighted by molar-refractivity contribution is 0.174. The lowest BCUT2D eigenvalue weighted by Crippen LogP contribution is -2.48. The summed E-state index contributed by atoms with van der Waals surface area (Å²) in [6, 6.07) is 19.0. The number of aromatic amines is 1. The van der Waals surface area contributed by atoms with E-state index in [-0.39, 0.29) is 28.2 Å². The highest BCUT2D eigenvalue weighted by Crippen LogP contribution is 2.36. The standard InChI is InChI=1S/C28H31N5O4S/c1-3-13-32-25-15-24(29-26(25)27(34)30(2)28(32)35)20-9-11-23(12-10-20)38(36,37)33-18-21-14-22(33)17-31(21)16-19-7-5-4-6-8-19/h4-12,15,21-22,29H,3,13-14,16-18H2,1-2H3. The van der Waals surface area contributed by atoms with Crippen molar-refractivity contribution in [1.29, 1.82) is 0 Å². The van der Waals surface area contributed by atoms with Crippen molar-refractivity contribution < 1.29 is 8.42 Å². The maximum atomic E-state index is 13.5. The number of aromatic nitrogens is 3. The third-order valence-corrected chi connectivity index (χ3v) is 9.81. The van der Waals surface area contributed by atoms with Crippen LogP contribution in [0.2, 0.25) is 0 Å². The fourth-order valence-corrected chi connectivity index (χ4v) is 7.58. The Kier molecular flexibility index (Phi) is 6.13. The largest absolute Gasteiger partial charge is 0.349 e. The molecule has 2 saturated heterocycles. The zero-order valence-corrected chi connectivity index (χ0v) is 22.3. The first-order chi connectivity index (χ1) is 18.3. The molecule has 0 amide bonds. The molecule has 6 rings (SSSR count). The average molecular weight is 534 g/mol. The molecule has 198 valence electrons. The van der Waals surface area contributed by atoms with Crippen LogP contribution in [0.1, 0.15) is 25.3 Å². The molecule has 2 aliphatic rings. The van der Waals surface area contributed by atoms with Gasteiger partial charge in [0, 0.05) is 51.0 Å². The number of H-pyrrole nitrogens is 1. The molecule has 2 unspecified atom stereocenters. The third-order valence-electron chi connectivity index (χ3n) is 7.88. The summed E-state index contributed by atoms with van der Waals surface area (Å²) in [6.07, 6.45) is 1.61. The van der Waals surface area contributed by atoms with Crippen LogP contribution in [-0.4, -0.2) is 56.9 Å². The van der Waals surface area contributed by atoms with Gasteiger partial charge in [-0.15, -0.1) is 0 Å². The van der Waals surface area contributed by atoms with Crippen LogP contribution in [0.3, 0.4) is 0 Å². The van der Waals surface area contributed by atoms with Gasteiger partial charge in [0.1, 0.15) is 5.52 Å². The summed E-state index contributed by atoms with van der Waals surface area (Å²) in [5, 5.41) is 0. The number of fused-ring (bicyclic) bond motifs is 3. The second-order valence-electron chi connectivity index (χ2n) is 10.3. The molecule has 38 heavy (non-hydrogen) atoms. The van der Waals surface area contributed by atoms with Gasteiger partial charge in [0.2, 0.25) is 10.0 Å². The van der Waals surface area contributed by atoms with Crippen molar-refractivity contribution >= 4 is 21.1 Å². The van der Waals surface area contributed by atoms with Crippen LogP contribution < -0.4 is 11.2 Å². The normalized spacial score (nSPS) is 20.1. The fraction of sp³-hybridized carbons (Fsp3) is 0.357. The predicted octanol–water partition coefficient (Wildman–Crippen LogP) is 2.75. The van der Waals surface area contributed by atoms with Crippen LogP contribution in [0.15, 0.2) is 75.1 Å². The van der Waals surface area contributed by atoms with Gasteiger partial charge in [-0.1, -0.05) is 49.4 Å². The van der Waals surface area contributed by atoms with E-state index in [9.17, 15) is 18.0 Å². The van der Waals surface area contributed by atoms with E-state index in [1.165, 1.54) is 12.6 Å². The van der Waals surface area contributed by atoms with Crippen LogP contribution in [0, 0.1) is 0 Å². The summed E-state index contributed by atoms with van der Waals surface area (Å²) in [7, 11) is -2.15. The van der Waals surface area contributed by atoms with E-state index < -0.39 is 10.0 Å². The molecule has 0 saturated carbocycles. The van der Waals surface area contributed by atoms with E-state index >= 15 is 0 Å². The van der Waals surface area contributed by atoms with Gasteiger partial charge >= 0.3 is 5.69 Å². The number of benzene rings is 2. The smallest absolute Gasteiger partial charge is 0.331 e. The molecule has 0 aliphatic carbocycles. The van der Waals surface area contributed by atoms with Crippen LogP contribution in [-0.2, 0) is 30.2 Å². The van der Waals surface area contributed by atoms with Crippen LogP contribution in [0.25, 0.3) is 22.3 Å². The summed E-state index contributed by atoms with van der Waals surface area (Å²) in [5.74, 6) is 0. The predicted molar refractivity (Wildman–Crippen MR) is 146 cm³/mol. The van der Waals surface area contributed by atoms with E-state index in [4.69, 9.17) is 0 Å². The Morgan fingerprint density at radius 3 is 2.37 bits per heavy atom. The summed E-state index contributed by atoms with van der Waals surface area (Å²) < 4.78 is 31.4. The summed E-state index contributed by atoms with van der Waals surface area (Å²) in [5.41, 5.74) is 2.83. The minimum Gasteiger partial charge on any atom is -0.349 e. The molecular weight excluding hydrogens is 502 g/mol. The number of hydrogen-bond donors (Lipinski definition) is 1. The van der Waals surface area contributed by atoms with Crippen LogP contribution >= 0.6 is 0 Å². The minimum atomic E-state index is -3.62. The number of aryl methyl sites for hydroxylation is 1. The Morgan fingerprint density at radius 1 is 0.974 bits per heavy atom. The quantitative estimate of drug-likeness (QED) is 0.394. The zero-order valence-electron chi connectivity index (χ0n) is 21.5. The Morgan fingerprint density at radius 2 is 1.71 bits per heavy atom. The highest BCUT2D eigenvalue weighted by molar-refractivity contribution is 7.89. The molecule has 0 radical (unpaired) electrons. The van der Waals surface area contributed by atoms with Crippen LogP contribution in [0.5, 0.6) is 0 Å². The minimum absolute atomic E-state index is 0.0198. The van der Waals surface area contributed by atoms with Crippen molar-refractivity contribution in [3.05, 3.63) is 87.1 Å². The van der Waals surface area contributed by atoms with Crippen molar-refractivity contribution in [2.24, 2.45) is 7.05 Å². The number of likely N-dealkylation sites (tertiary alicyclic amines) is 1. The molecule has 4 aromatic rings. The maximum absolute atomic E-state index is 13.5. The Hall–Kier alpha value is -3.47. The topological polar surface area (TPSA) is 100 Å². The van der Waals surface area contributed by atoms with E-state index in [2.05, 4.69) is 22.0 Å². The summed E-state index contributed by atoms with van der Waals surface area (Å²) >= 11 is 0.